The van der Waals surface area contributed by atoms with E-state index >= 15 is 0 Å². The van der Waals surface area contributed by atoms with E-state index in [1.807, 2.05) is 13.8 Å². The molecule has 4 N–H and O–H groups in total. The Balaban J connectivity index is 1.77. The lowest BCUT2D eigenvalue weighted by molar-refractivity contribution is -0.122. The molecule has 4 rings (SSSR count). The molecule has 33 heavy (non-hydrogen) atoms. The van der Waals surface area contributed by atoms with Crippen LogP contribution in [0, 0.1) is 23.4 Å². The number of imidazole rings is 1. The standard InChI is InChI=1S/C22H26F3N7O/c1-3-11(2)28-21-27-10-17-20(31-21)32(14-6-4-12(5-7-14)19(26)33)22(29-17)30-18-15(24)8-13(23)9-16(18)25/h8-12,14H,3-7H2,1-2H3,(H2,26,33)(H,29,30)(H,27,28,31)/t11-,12-,14+/m0/s1. The van der Waals surface area contributed by atoms with Gasteiger partial charge in [-0.2, -0.15) is 4.98 Å². The number of fused-ring (bicyclic) bond motifs is 1. The maximum Gasteiger partial charge on any atom is 0.224 e. The SMILES string of the molecule is CC[C@H](C)Nc1ncc2nc(Nc3c(F)cc(F)cc3F)n([C@H]3CC[C@@H](C(N)=O)CC3)c2n1. The van der Waals surface area contributed by atoms with Crippen molar-refractivity contribution in [1.29, 1.82) is 0 Å². The Morgan fingerprint density at radius 2 is 1.85 bits per heavy atom. The number of nitrogens with one attached hydrogen (secondary N) is 2. The van der Waals surface area contributed by atoms with Crippen molar-refractivity contribution < 1.29 is 18.0 Å². The Hall–Kier alpha value is -3.37. The van der Waals surface area contributed by atoms with Gasteiger partial charge in [-0.05, 0) is 39.0 Å². The average Bonchev–Trinajstić information content (AvgIpc) is 3.13. The Morgan fingerprint density at radius 3 is 2.45 bits per heavy atom. The molecule has 0 unspecified atom stereocenters. The summed E-state index contributed by atoms with van der Waals surface area (Å²) in [6.45, 7) is 4.04. The third kappa shape index (κ3) is 4.71. The molecule has 3 aromatic rings. The number of anilines is 3. The van der Waals surface area contributed by atoms with E-state index in [1.54, 1.807) is 10.8 Å². The maximum absolute atomic E-state index is 14.3. The normalized spacial score (nSPS) is 19.4. The fourth-order valence-electron chi connectivity index (χ4n) is 4.11. The van der Waals surface area contributed by atoms with Gasteiger partial charge in [0.1, 0.15) is 17.0 Å². The van der Waals surface area contributed by atoms with Crippen LogP contribution in [0.25, 0.3) is 11.2 Å². The Bertz CT molecular complexity index is 1150. The summed E-state index contributed by atoms with van der Waals surface area (Å²) in [5.74, 6) is -3.14. The van der Waals surface area contributed by atoms with E-state index in [4.69, 9.17) is 5.73 Å². The number of nitrogens with two attached hydrogens (primary N) is 1. The number of carbonyl (C=O) groups is 1. The Labute approximate surface area is 188 Å². The lowest BCUT2D eigenvalue weighted by atomic mass is 9.85. The Kier molecular flexibility index (Phi) is 6.39. The van der Waals surface area contributed by atoms with E-state index in [9.17, 15) is 18.0 Å². The minimum atomic E-state index is -1.08. The molecule has 1 aromatic carbocycles. The van der Waals surface area contributed by atoms with Gasteiger partial charge in [0.2, 0.25) is 17.8 Å². The highest BCUT2D eigenvalue weighted by Crippen LogP contribution is 2.37. The van der Waals surface area contributed by atoms with Crippen molar-refractivity contribution in [2.24, 2.45) is 11.7 Å². The quantitative estimate of drug-likeness (QED) is 0.481. The van der Waals surface area contributed by atoms with E-state index in [2.05, 4.69) is 25.6 Å². The predicted octanol–water partition coefficient (Wildman–Crippen LogP) is 4.41. The summed E-state index contributed by atoms with van der Waals surface area (Å²) in [5, 5.41) is 5.90. The van der Waals surface area contributed by atoms with E-state index in [0.717, 1.165) is 6.42 Å². The molecule has 0 radical (unpaired) electrons. The molecule has 1 aliphatic rings. The van der Waals surface area contributed by atoms with Gasteiger partial charge in [0.05, 0.1) is 6.20 Å². The summed E-state index contributed by atoms with van der Waals surface area (Å²) in [4.78, 5) is 25.0. The molecule has 1 fully saturated rings. The van der Waals surface area contributed by atoms with E-state index in [1.165, 1.54) is 0 Å². The molecule has 1 aliphatic carbocycles. The van der Waals surface area contributed by atoms with Gasteiger partial charge in [0.15, 0.2) is 17.3 Å². The first-order valence-corrected chi connectivity index (χ1v) is 11.0. The van der Waals surface area contributed by atoms with Crippen LogP contribution in [0.4, 0.5) is 30.8 Å². The second-order valence-electron chi connectivity index (χ2n) is 8.44. The first-order valence-electron chi connectivity index (χ1n) is 11.0. The van der Waals surface area contributed by atoms with Gasteiger partial charge in [0, 0.05) is 30.1 Å². The van der Waals surface area contributed by atoms with Crippen LogP contribution in [0.2, 0.25) is 0 Å². The molecule has 2 heterocycles. The topological polar surface area (TPSA) is 111 Å². The second kappa shape index (κ2) is 9.24. The molecule has 0 bridgehead atoms. The van der Waals surface area contributed by atoms with Crippen LogP contribution in [0.15, 0.2) is 18.3 Å². The molecule has 0 spiro atoms. The minimum Gasteiger partial charge on any atom is -0.369 e. The molecule has 176 valence electrons. The number of hydrogen-bond donors (Lipinski definition) is 3. The highest BCUT2D eigenvalue weighted by atomic mass is 19.1. The number of carbonyl (C=O) groups excluding carboxylic acids is 1. The van der Waals surface area contributed by atoms with Gasteiger partial charge in [-0.15, -0.1) is 0 Å². The average molecular weight is 461 g/mol. The number of nitrogens with zero attached hydrogens (tertiary/aromatic N) is 4. The molecule has 8 nitrogen and oxygen atoms in total. The molecular weight excluding hydrogens is 435 g/mol. The second-order valence-corrected chi connectivity index (χ2v) is 8.44. The first kappa shape index (κ1) is 22.8. The zero-order valence-electron chi connectivity index (χ0n) is 18.4. The molecule has 1 saturated carbocycles. The monoisotopic (exact) mass is 461 g/mol. The summed E-state index contributed by atoms with van der Waals surface area (Å²) < 4.78 is 43.8. The van der Waals surface area contributed by atoms with Gasteiger partial charge >= 0.3 is 0 Å². The summed E-state index contributed by atoms with van der Waals surface area (Å²) in [6, 6.07) is 1.21. The summed E-state index contributed by atoms with van der Waals surface area (Å²) in [7, 11) is 0. The number of primary amides is 1. The molecule has 0 saturated heterocycles. The Morgan fingerprint density at radius 1 is 1.18 bits per heavy atom. The molecule has 11 heteroatoms. The highest BCUT2D eigenvalue weighted by molar-refractivity contribution is 5.78. The van der Waals surface area contributed by atoms with Crippen LogP contribution in [-0.2, 0) is 4.79 Å². The first-order chi connectivity index (χ1) is 15.8. The van der Waals surface area contributed by atoms with Crippen molar-refractivity contribution >= 4 is 34.7 Å². The molecule has 1 atom stereocenters. The lowest BCUT2D eigenvalue weighted by Gasteiger charge is -2.29. The largest absolute Gasteiger partial charge is 0.369 e. The molecule has 2 aromatic heterocycles. The lowest BCUT2D eigenvalue weighted by Crippen LogP contribution is -2.29. The van der Waals surface area contributed by atoms with Crippen LogP contribution in [0.1, 0.15) is 52.0 Å². The smallest absolute Gasteiger partial charge is 0.224 e. The van der Waals surface area contributed by atoms with Gasteiger partial charge < -0.3 is 16.4 Å². The van der Waals surface area contributed by atoms with Crippen molar-refractivity contribution in [3.8, 4) is 0 Å². The van der Waals surface area contributed by atoms with E-state index in [-0.39, 0.29) is 29.9 Å². The van der Waals surface area contributed by atoms with Crippen LogP contribution >= 0.6 is 0 Å². The van der Waals surface area contributed by atoms with Crippen molar-refractivity contribution in [2.75, 3.05) is 10.6 Å². The number of amides is 1. The number of hydrogen-bond acceptors (Lipinski definition) is 6. The molecular formula is C22H26F3N7O. The van der Waals surface area contributed by atoms with Crippen LogP contribution in [-0.4, -0.2) is 31.5 Å². The maximum atomic E-state index is 14.3. The summed E-state index contributed by atoms with van der Waals surface area (Å²) in [6.07, 6.45) is 4.80. The third-order valence-corrected chi connectivity index (χ3v) is 6.13. The van der Waals surface area contributed by atoms with E-state index < -0.39 is 23.1 Å². The zero-order valence-corrected chi connectivity index (χ0v) is 18.4. The van der Waals surface area contributed by atoms with Gasteiger partial charge in [-0.1, -0.05) is 6.92 Å². The molecule has 0 aliphatic heterocycles. The van der Waals surface area contributed by atoms with Crippen LogP contribution in [0.5, 0.6) is 0 Å². The fourth-order valence-corrected chi connectivity index (χ4v) is 4.11. The van der Waals surface area contributed by atoms with Crippen molar-refractivity contribution in [3.63, 3.8) is 0 Å². The predicted molar refractivity (Wildman–Crippen MR) is 118 cm³/mol. The zero-order chi connectivity index (χ0) is 23.7. The van der Waals surface area contributed by atoms with E-state index in [0.29, 0.717) is 54.9 Å². The third-order valence-electron chi connectivity index (χ3n) is 6.13. The van der Waals surface area contributed by atoms with Crippen molar-refractivity contribution in [3.05, 3.63) is 35.8 Å². The van der Waals surface area contributed by atoms with Gasteiger partial charge in [-0.25, -0.2) is 23.1 Å². The summed E-state index contributed by atoms with van der Waals surface area (Å²) >= 11 is 0. The number of rotatable bonds is 7. The van der Waals surface area contributed by atoms with Crippen LogP contribution < -0.4 is 16.4 Å². The van der Waals surface area contributed by atoms with Gasteiger partial charge in [-0.3, -0.25) is 9.36 Å². The van der Waals surface area contributed by atoms with Gasteiger partial charge in [0.25, 0.3) is 0 Å². The fraction of sp³-hybridized carbons (Fsp3) is 0.455. The minimum absolute atomic E-state index is 0.133. The number of benzene rings is 1. The van der Waals surface area contributed by atoms with Crippen LogP contribution in [0.3, 0.4) is 0 Å². The number of aromatic nitrogens is 4. The van der Waals surface area contributed by atoms with Crippen molar-refractivity contribution in [2.45, 2.75) is 58.0 Å². The summed E-state index contributed by atoms with van der Waals surface area (Å²) in [5.41, 5.74) is 5.88. The number of halogens is 3. The highest BCUT2D eigenvalue weighted by Gasteiger charge is 2.29. The van der Waals surface area contributed by atoms with Crippen molar-refractivity contribution in [1.82, 2.24) is 19.5 Å². The molecule has 1 amide bonds.